The van der Waals surface area contributed by atoms with Gasteiger partial charge in [0.25, 0.3) is 0 Å². The zero-order chi connectivity index (χ0) is 9.26. The Kier molecular flexibility index (Phi) is 2.07. The van der Waals surface area contributed by atoms with Crippen LogP contribution in [0.15, 0.2) is 36.4 Å². The summed E-state index contributed by atoms with van der Waals surface area (Å²) < 4.78 is 0. The lowest BCUT2D eigenvalue weighted by molar-refractivity contribution is 1.54. The molecule has 0 aliphatic carbocycles. The molecule has 0 bridgehead atoms. The van der Waals surface area contributed by atoms with Gasteiger partial charge in [-0.1, -0.05) is 30.3 Å². The van der Waals surface area contributed by atoms with E-state index in [0.717, 1.165) is 5.00 Å². The van der Waals surface area contributed by atoms with E-state index in [1.807, 2.05) is 24.3 Å². The van der Waals surface area contributed by atoms with Gasteiger partial charge in [0.1, 0.15) is 0 Å². The van der Waals surface area contributed by atoms with Gasteiger partial charge in [0.15, 0.2) is 0 Å². The minimum atomic E-state index is 0.886. The Labute approximate surface area is 81.8 Å². The van der Waals surface area contributed by atoms with Gasteiger partial charge in [-0.15, -0.1) is 11.3 Å². The fourth-order valence-electron chi connectivity index (χ4n) is 1.38. The summed E-state index contributed by atoms with van der Waals surface area (Å²) in [5.74, 6) is 0. The lowest BCUT2D eigenvalue weighted by Crippen LogP contribution is -1.73. The lowest BCUT2D eigenvalue weighted by Gasteiger charge is -1.97. The monoisotopic (exact) mass is 189 g/mol. The summed E-state index contributed by atoms with van der Waals surface area (Å²) in [6, 6.07) is 12.4. The third kappa shape index (κ3) is 1.58. The molecular weight excluding hydrogens is 178 g/mol. The Morgan fingerprint density at radius 2 is 1.85 bits per heavy atom. The number of hydrogen-bond donors (Lipinski definition) is 1. The topological polar surface area (TPSA) is 26.0 Å². The number of anilines is 1. The first kappa shape index (κ1) is 8.32. The molecule has 1 aromatic carbocycles. The number of aryl methyl sites for hydroxylation is 1. The molecule has 0 aliphatic heterocycles. The van der Waals surface area contributed by atoms with Crippen LogP contribution in [0.3, 0.4) is 0 Å². The van der Waals surface area contributed by atoms with Gasteiger partial charge in [-0.3, -0.25) is 0 Å². The Morgan fingerprint density at radius 3 is 2.38 bits per heavy atom. The zero-order valence-corrected chi connectivity index (χ0v) is 8.27. The maximum absolute atomic E-state index is 5.74. The van der Waals surface area contributed by atoms with Crippen molar-refractivity contribution in [1.82, 2.24) is 0 Å². The molecule has 0 atom stereocenters. The van der Waals surface area contributed by atoms with Gasteiger partial charge in [-0.25, -0.2) is 0 Å². The third-order valence-corrected chi connectivity index (χ3v) is 3.09. The molecule has 1 nitrogen and oxygen atoms in total. The second-order valence-corrected chi connectivity index (χ2v) is 4.11. The molecule has 2 N–H and O–H groups in total. The summed E-state index contributed by atoms with van der Waals surface area (Å²) in [5, 5.41) is 0.886. The summed E-state index contributed by atoms with van der Waals surface area (Å²) in [6.45, 7) is 2.09. The molecule has 13 heavy (non-hydrogen) atoms. The van der Waals surface area contributed by atoms with E-state index in [2.05, 4.69) is 19.1 Å². The van der Waals surface area contributed by atoms with E-state index >= 15 is 0 Å². The zero-order valence-electron chi connectivity index (χ0n) is 7.45. The van der Waals surface area contributed by atoms with Crippen molar-refractivity contribution < 1.29 is 0 Å². The fraction of sp³-hybridized carbons (Fsp3) is 0.0909. The maximum Gasteiger partial charge on any atom is 0.0865 e. The molecule has 0 spiro atoms. The van der Waals surface area contributed by atoms with Gasteiger partial charge in [0.05, 0.1) is 5.00 Å². The van der Waals surface area contributed by atoms with Crippen molar-refractivity contribution in [1.29, 1.82) is 0 Å². The molecule has 0 unspecified atom stereocenters. The molecule has 0 amide bonds. The van der Waals surface area contributed by atoms with E-state index in [4.69, 9.17) is 5.73 Å². The van der Waals surface area contributed by atoms with Crippen LogP contribution in [-0.2, 0) is 0 Å². The molecule has 2 rings (SSSR count). The molecular formula is C11H11NS. The van der Waals surface area contributed by atoms with Crippen molar-refractivity contribution in [2.75, 3.05) is 5.73 Å². The van der Waals surface area contributed by atoms with Crippen molar-refractivity contribution in [2.24, 2.45) is 0 Å². The number of thiophene rings is 1. The summed E-state index contributed by atoms with van der Waals surface area (Å²) >= 11 is 1.65. The van der Waals surface area contributed by atoms with E-state index in [1.165, 1.54) is 16.0 Å². The van der Waals surface area contributed by atoms with Crippen molar-refractivity contribution in [3.63, 3.8) is 0 Å². The number of hydrogen-bond acceptors (Lipinski definition) is 2. The average Bonchev–Trinajstić information content (AvgIpc) is 2.47. The van der Waals surface area contributed by atoms with Crippen LogP contribution < -0.4 is 5.73 Å². The highest BCUT2D eigenvalue weighted by Crippen LogP contribution is 2.33. The van der Waals surface area contributed by atoms with Crippen molar-refractivity contribution in [3.8, 4) is 10.4 Å². The Hall–Kier alpha value is -1.28. The first-order valence-electron chi connectivity index (χ1n) is 4.18. The normalized spacial score (nSPS) is 10.2. The predicted octanol–water partition coefficient (Wildman–Crippen LogP) is 3.31. The van der Waals surface area contributed by atoms with Gasteiger partial charge >= 0.3 is 0 Å². The first-order valence-corrected chi connectivity index (χ1v) is 5.00. The highest BCUT2D eigenvalue weighted by atomic mass is 32.1. The van der Waals surface area contributed by atoms with Gasteiger partial charge in [0, 0.05) is 4.88 Å². The molecule has 0 saturated carbocycles. The summed E-state index contributed by atoms with van der Waals surface area (Å²) in [6.07, 6.45) is 0. The molecule has 0 fully saturated rings. The van der Waals surface area contributed by atoms with Crippen LogP contribution in [0.25, 0.3) is 10.4 Å². The highest BCUT2D eigenvalue weighted by Gasteiger charge is 2.04. The average molecular weight is 189 g/mol. The number of benzene rings is 1. The Balaban J connectivity index is 2.53. The fourth-order valence-corrected chi connectivity index (χ4v) is 2.33. The van der Waals surface area contributed by atoms with Crippen LogP contribution in [0.5, 0.6) is 0 Å². The number of nitrogens with two attached hydrogens (primary N) is 1. The predicted molar refractivity (Wildman–Crippen MR) is 58.9 cm³/mol. The summed E-state index contributed by atoms with van der Waals surface area (Å²) in [7, 11) is 0. The van der Waals surface area contributed by atoms with E-state index < -0.39 is 0 Å². The van der Waals surface area contributed by atoms with E-state index in [1.54, 1.807) is 11.3 Å². The molecule has 2 aromatic rings. The minimum absolute atomic E-state index is 0.886. The van der Waals surface area contributed by atoms with Crippen molar-refractivity contribution in [3.05, 3.63) is 42.0 Å². The van der Waals surface area contributed by atoms with Gasteiger partial charge in [-0.05, 0) is 24.1 Å². The van der Waals surface area contributed by atoms with Crippen LogP contribution in [0.4, 0.5) is 5.00 Å². The standard InChI is InChI=1S/C11H11NS/c1-8-7-10(12)13-11(8)9-5-3-2-4-6-9/h2-7H,12H2,1H3. The van der Waals surface area contributed by atoms with E-state index in [-0.39, 0.29) is 0 Å². The van der Waals surface area contributed by atoms with E-state index in [9.17, 15) is 0 Å². The number of nitrogen functional groups attached to an aromatic ring is 1. The lowest BCUT2D eigenvalue weighted by atomic mass is 10.1. The third-order valence-electron chi connectivity index (χ3n) is 1.97. The SMILES string of the molecule is Cc1cc(N)sc1-c1ccccc1. The summed E-state index contributed by atoms with van der Waals surface area (Å²) in [4.78, 5) is 1.28. The minimum Gasteiger partial charge on any atom is -0.391 e. The van der Waals surface area contributed by atoms with Crippen molar-refractivity contribution in [2.45, 2.75) is 6.92 Å². The molecule has 66 valence electrons. The second kappa shape index (κ2) is 3.23. The largest absolute Gasteiger partial charge is 0.391 e. The van der Waals surface area contributed by atoms with Gasteiger partial charge < -0.3 is 5.73 Å². The molecule has 0 aliphatic rings. The highest BCUT2D eigenvalue weighted by molar-refractivity contribution is 7.19. The van der Waals surface area contributed by atoms with E-state index in [0.29, 0.717) is 0 Å². The maximum atomic E-state index is 5.74. The molecule has 2 heteroatoms. The van der Waals surface area contributed by atoms with Gasteiger partial charge in [0.2, 0.25) is 0 Å². The van der Waals surface area contributed by atoms with Crippen LogP contribution in [0.1, 0.15) is 5.56 Å². The Bertz CT molecular complexity index is 403. The molecule has 1 heterocycles. The van der Waals surface area contributed by atoms with Crippen LogP contribution in [-0.4, -0.2) is 0 Å². The summed E-state index contributed by atoms with van der Waals surface area (Å²) in [5.41, 5.74) is 8.24. The first-order chi connectivity index (χ1) is 6.27. The smallest absolute Gasteiger partial charge is 0.0865 e. The number of rotatable bonds is 1. The molecule has 1 aromatic heterocycles. The van der Waals surface area contributed by atoms with Crippen LogP contribution >= 0.6 is 11.3 Å². The Morgan fingerprint density at radius 1 is 1.15 bits per heavy atom. The van der Waals surface area contributed by atoms with Crippen LogP contribution in [0, 0.1) is 6.92 Å². The van der Waals surface area contributed by atoms with Crippen molar-refractivity contribution >= 4 is 16.3 Å². The van der Waals surface area contributed by atoms with Gasteiger partial charge in [-0.2, -0.15) is 0 Å². The van der Waals surface area contributed by atoms with Crippen LogP contribution in [0.2, 0.25) is 0 Å². The second-order valence-electron chi connectivity index (χ2n) is 3.03. The molecule has 0 saturated heterocycles. The molecule has 0 radical (unpaired) electrons. The quantitative estimate of drug-likeness (QED) is 0.731.